The summed E-state index contributed by atoms with van der Waals surface area (Å²) in [4.78, 5) is 0. The van der Waals surface area contributed by atoms with E-state index < -0.39 is 0 Å². The molecule has 2 nitrogen and oxygen atoms in total. The zero-order valence-corrected chi connectivity index (χ0v) is 10.5. The summed E-state index contributed by atoms with van der Waals surface area (Å²) >= 11 is 0. The predicted octanol–water partition coefficient (Wildman–Crippen LogP) is 4.08. The first-order chi connectivity index (χ1) is 7.65. The topological polar surface area (TPSA) is 29.5 Å². The van der Waals surface area contributed by atoms with Crippen molar-refractivity contribution in [1.82, 2.24) is 0 Å². The van der Waals surface area contributed by atoms with Gasteiger partial charge in [-0.1, -0.05) is 39.7 Å². The Bertz CT molecular complexity index is 319. The lowest BCUT2D eigenvalue weighted by molar-refractivity contribution is 0.300. The molecule has 0 aliphatic carbocycles. The molecule has 2 heteroatoms. The van der Waals surface area contributed by atoms with Gasteiger partial charge in [0, 0.05) is 6.07 Å². The molecule has 0 bridgehead atoms. The first-order valence-corrected chi connectivity index (χ1v) is 6.10. The van der Waals surface area contributed by atoms with Crippen LogP contribution in [0.3, 0.4) is 0 Å². The molecular formula is C14H22O2. The smallest absolute Gasteiger partial charge is 0.126 e. The average Bonchev–Trinajstić information content (AvgIpc) is 2.24. The molecule has 0 saturated carbocycles. The highest BCUT2D eigenvalue weighted by Crippen LogP contribution is 2.30. The summed E-state index contributed by atoms with van der Waals surface area (Å²) < 4.78 is 5.72. The predicted molar refractivity (Wildman–Crippen MR) is 67.2 cm³/mol. The SMILES string of the molecule is CCCCCOc1cc(O)ccc1C(C)C. The number of phenolic OH excluding ortho intramolecular Hbond substituents is 1. The van der Waals surface area contributed by atoms with Gasteiger partial charge in [0.2, 0.25) is 0 Å². The summed E-state index contributed by atoms with van der Waals surface area (Å²) in [6.07, 6.45) is 3.46. The fraction of sp³-hybridized carbons (Fsp3) is 0.571. The van der Waals surface area contributed by atoms with Crippen LogP contribution in [0.25, 0.3) is 0 Å². The third-order valence-electron chi connectivity index (χ3n) is 2.62. The minimum atomic E-state index is 0.273. The van der Waals surface area contributed by atoms with E-state index in [1.165, 1.54) is 12.8 Å². The Morgan fingerprint density at radius 3 is 2.62 bits per heavy atom. The monoisotopic (exact) mass is 222 g/mol. The molecule has 0 aliphatic rings. The number of phenols is 1. The van der Waals surface area contributed by atoms with Crippen molar-refractivity contribution in [2.24, 2.45) is 0 Å². The zero-order valence-electron chi connectivity index (χ0n) is 10.5. The van der Waals surface area contributed by atoms with Gasteiger partial charge in [0.1, 0.15) is 11.5 Å². The fourth-order valence-electron chi connectivity index (χ4n) is 1.66. The van der Waals surface area contributed by atoms with Crippen LogP contribution in [0.1, 0.15) is 51.5 Å². The summed E-state index contributed by atoms with van der Waals surface area (Å²) in [6, 6.07) is 5.37. The standard InChI is InChI=1S/C14H22O2/c1-4-5-6-9-16-14-10-12(15)7-8-13(14)11(2)3/h7-8,10-11,15H,4-6,9H2,1-3H3. The lowest BCUT2D eigenvalue weighted by Gasteiger charge is -2.14. The molecule has 0 aromatic heterocycles. The van der Waals surface area contributed by atoms with Crippen molar-refractivity contribution in [3.8, 4) is 11.5 Å². The lowest BCUT2D eigenvalue weighted by atomic mass is 10.0. The quantitative estimate of drug-likeness (QED) is 0.735. The molecule has 1 N–H and O–H groups in total. The second-order valence-corrected chi connectivity index (χ2v) is 4.43. The molecular weight excluding hydrogens is 200 g/mol. The maximum atomic E-state index is 9.44. The van der Waals surface area contributed by atoms with E-state index in [9.17, 15) is 5.11 Å². The van der Waals surface area contributed by atoms with Crippen LogP contribution in [0.4, 0.5) is 0 Å². The number of rotatable bonds is 6. The number of hydrogen-bond donors (Lipinski definition) is 1. The Labute approximate surface area is 98.3 Å². The van der Waals surface area contributed by atoms with E-state index in [4.69, 9.17) is 4.74 Å². The van der Waals surface area contributed by atoms with Gasteiger partial charge in [0.15, 0.2) is 0 Å². The number of ether oxygens (including phenoxy) is 1. The Morgan fingerprint density at radius 2 is 2.00 bits per heavy atom. The van der Waals surface area contributed by atoms with Gasteiger partial charge in [0.25, 0.3) is 0 Å². The van der Waals surface area contributed by atoms with E-state index in [0.29, 0.717) is 5.92 Å². The molecule has 0 radical (unpaired) electrons. The minimum absolute atomic E-state index is 0.273. The first-order valence-electron chi connectivity index (χ1n) is 6.10. The molecule has 0 aliphatic heterocycles. The van der Waals surface area contributed by atoms with Crippen LogP contribution in [-0.4, -0.2) is 11.7 Å². The van der Waals surface area contributed by atoms with Gasteiger partial charge in [-0.3, -0.25) is 0 Å². The van der Waals surface area contributed by atoms with Gasteiger partial charge >= 0.3 is 0 Å². The summed E-state index contributed by atoms with van der Waals surface area (Å²) in [5.41, 5.74) is 1.16. The maximum absolute atomic E-state index is 9.44. The van der Waals surface area contributed by atoms with Crippen LogP contribution >= 0.6 is 0 Å². The van der Waals surface area contributed by atoms with Crippen LogP contribution in [0.5, 0.6) is 11.5 Å². The summed E-state index contributed by atoms with van der Waals surface area (Å²) in [6.45, 7) is 7.17. The van der Waals surface area contributed by atoms with Gasteiger partial charge in [-0.05, 0) is 24.0 Å². The van der Waals surface area contributed by atoms with E-state index in [-0.39, 0.29) is 5.75 Å². The second-order valence-electron chi connectivity index (χ2n) is 4.43. The van der Waals surface area contributed by atoms with Crippen molar-refractivity contribution in [2.45, 2.75) is 46.0 Å². The number of unbranched alkanes of at least 4 members (excludes halogenated alkanes) is 2. The van der Waals surface area contributed by atoms with Gasteiger partial charge < -0.3 is 9.84 Å². The molecule has 0 fully saturated rings. The van der Waals surface area contributed by atoms with Gasteiger partial charge in [-0.2, -0.15) is 0 Å². The fourth-order valence-corrected chi connectivity index (χ4v) is 1.66. The van der Waals surface area contributed by atoms with Crippen molar-refractivity contribution >= 4 is 0 Å². The van der Waals surface area contributed by atoms with Crippen molar-refractivity contribution in [3.05, 3.63) is 23.8 Å². The van der Waals surface area contributed by atoms with Gasteiger partial charge in [-0.25, -0.2) is 0 Å². The molecule has 90 valence electrons. The average molecular weight is 222 g/mol. The normalized spacial score (nSPS) is 10.8. The highest BCUT2D eigenvalue weighted by Gasteiger charge is 2.08. The number of aromatic hydroxyl groups is 1. The van der Waals surface area contributed by atoms with E-state index in [1.54, 1.807) is 12.1 Å². The highest BCUT2D eigenvalue weighted by molar-refractivity contribution is 5.41. The van der Waals surface area contributed by atoms with Crippen LogP contribution in [0.2, 0.25) is 0 Å². The van der Waals surface area contributed by atoms with Crippen molar-refractivity contribution in [1.29, 1.82) is 0 Å². The molecule has 0 heterocycles. The summed E-state index contributed by atoms with van der Waals surface area (Å²) in [7, 11) is 0. The Hall–Kier alpha value is -1.18. The minimum Gasteiger partial charge on any atom is -0.508 e. The third-order valence-corrected chi connectivity index (χ3v) is 2.62. The Morgan fingerprint density at radius 1 is 1.25 bits per heavy atom. The van der Waals surface area contributed by atoms with Gasteiger partial charge in [0.05, 0.1) is 6.61 Å². The largest absolute Gasteiger partial charge is 0.508 e. The van der Waals surface area contributed by atoms with Gasteiger partial charge in [-0.15, -0.1) is 0 Å². The third kappa shape index (κ3) is 3.76. The molecule has 0 spiro atoms. The summed E-state index contributed by atoms with van der Waals surface area (Å²) in [5, 5.41) is 9.44. The van der Waals surface area contributed by atoms with Crippen LogP contribution in [0, 0.1) is 0 Å². The van der Waals surface area contributed by atoms with E-state index in [0.717, 1.165) is 24.3 Å². The maximum Gasteiger partial charge on any atom is 0.126 e. The highest BCUT2D eigenvalue weighted by atomic mass is 16.5. The molecule has 1 rings (SSSR count). The van der Waals surface area contributed by atoms with Crippen LogP contribution in [-0.2, 0) is 0 Å². The number of benzene rings is 1. The first kappa shape index (κ1) is 12.9. The summed E-state index contributed by atoms with van der Waals surface area (Å²) in [5.74, 6) is 1.52. The van der Waals surface area contributed by atoms with Crippen LogP contribution in [0.15, 0.2) is 18.2 Å². The molecule has 16 heavy (non-hydrogen) atoms. The van der Waals surface area contributed by atoms with Crippen molar-refractivity contribution in [2.75, 3.05) is 6.61 Å². The Balaban J connectivity index is 2.65. The number of hydrogen-bond acceptors (Lipinski definition) is 2. The van der Waals surface area contributed by atoms with Crippen molar-refractivity contribution < 1.29 is 9.84 Å². The second kappa shape index (κ2) is 6.41. The molecule has 0 amide bonds. The zero-order chi connectivity index (χ0) is 12.0. The van der Waals surface area contributed by atoms with E-state index in [2.05, 4.69) is 20.8 Å². The molecule has 0 unspecified atom stereocenters. The van der Waals surface area contributed by atoms with E-state index in [1.807, 2.05) is 6.07 Å². The molecule has 1 aromatic rings. The molecule has 1 aromatic carbocycles. The van der Waals surface area contributed by atoms with Crippen molar-refractivity contribution in [3.63, 3.8) is 0 Å². The molecule has 0 saturated heterocycles. The van der Waals surface area contributed by atoms with E-state index >= 15 is 0 Å². The Kier molecular flexibility index (Phi) is 5.17. The molecule has 0 atom stereocenters. The van der Waals surface area contributed by atoms with Crippen LogP contribution < -0.4 is 4.74 Å². The lowest BCUT2D eigenvalue weighted by Crippen LogP contribution is -2.01.